The minimum absolute atomic E-state index is 0.0354. The van der Waals surface area contributed by atoms with E-state index in [0.29, 0.717) is 0 Å². The smallest absolute Gasteiger partial charge is 0.251 e. The Labute approximate surface area is 272 Å². The maximum Gasteiger partial charge on any atom is 0.251 e. The van der Waals surface area contributed by atoms with Gasteiger partial charge in [-0.3, -0.25) is 0 Å². The van der Waals surface area contributed by atoms with Crippen molar-refractivity contribution in [1.82, 2.24) is 0 Å². The molecule has 0 amide bonds. The Bertz CT molecular complexity index is 1420. The largest absolute Gasteiger partial charge is 0.316 e. The molecule has 0 unspecified atom stereocenters. The number of hydrogen-bond acceptors (Lipinski definition) is 2. The van der Waals surface area contributed by atoms with Gasteiger partial charge in [0.25, 0.3) is 6.71 Å². The fourth-order valence-corrected chi connectivity index (χ4v) is 5.83. The summed E-state index contributed by atoms with van der Waals surface area (Å²) in [6.07, 6.45) is 8.06. The highest BCUT2D eigenvalue weighted by molar-refractivity contribution is 6.94. The molecule has 44 heavy (non-hydrogen) atoms. The highest BCUT2D eigenvalue weighted by Crippen LogP contribution is 2.42. The number of rotatable bonds is 4. The monoisotopic (exact) mass is 592 g/mol. The van der Waals surface area contributed by atoms with E-state index in [1.807, 2.05) is 54.5 Å². The average Bonchev–Trinajstić information content (AvgIpc) is 2.98. The maximum absolute atomic E-state index is 4.71. The standard InChI is InChI=1S/C35H43BN2.3C2H6/c1-13-15-23(3)37-25(5)33-26(6)38(24(4)16-14-2)32-20-18-28(35(10,11)12)22-30(32)36(33)29-21-27(34(7,8)9)17-19-31(29)37;3*1-2/h13-22H,1,4-5H2,2-3,6-12H3;3*1-2H3/b16-14-,23-15+;;;. The van der Waals surface area contributed by atoms with E-state index in [-0.39, 0.29) is 17.5 Å². The fraction of sp³-hybridized carbons (Fsp3) is 0.415. The van der Waals surface area contributed by atoms with E-state index in [1.54, 1.807) is 0 Å². The molecule has 3 heteroatoms. The van der Waals surface area contributed by atoms with Crippen LogP contribution in [0.25, 0.3) is 0 Å². The first kappa shape index (κ1) is 38.6. The normalized spacial score (nSPS) is 14.3. The second-order valence-corrected chi connectivity index (χ2v) is 12.6. The summed E-state index contributed by atoms with van der Waals surface area (Å²) in [5.41, 5.74) is 13.2. The molecule has 0 saturated heterocycles. The average molecular weight is 593 g/mol. The molecule has 2 nitrogen and oxygen atoms in total. The van der Waals surface area contributed by atoms with Gasteiger partial charge in [-0.05, 0) is 83.4 Å². The molecule has 0 fully saturated rings. The highest BCUT2D eigenvalue weighted by Gasteiger charge is 2.44. The number of allylic oxidation sites excluding steroid dienone is 7. The van der Waals surface area contributed by atoms with Crippen LogP contribution in [0.5, 0.6) is 0 Å². The maximum atomic E-state index is 4.71. The molecule has 0 N–H and O–H groups in total. The van der Waals surface area contributed by atoms with Crippen molar-refractivity contribution >= 4 is 29.0 Å². The topological polar surface area (TPSA) is 6.48 Å². The number of nitrogens with zero attached hydrogens (tertiary/aromatic N) is 2. The van der Waals surface area contributed by atoms with Crippen LogP contribution in [-0.2, 0) is 10.8 Å². The zero-order valence-corrected chi connectivity index (χ0v) is 30.9. The zero-order chi connectivity index (χ0) is 34.2. The Morgan fingerprint density at radius 2 is 1.20 bits per heavy atom. The van der Waals surface area contributed by atoms with Gasteiger partial charge in [-0.1, -0.05) is 139 Å². The zero-order valence-electron chi connectivity index (χ0n) is 30.9. The number of hydrogen-bond donors (Lipinski definition) is 0. The van der Waals surface area contributed by atoms with E-state index in [1.165, 1.54) is 44.6 Å². The summed E-state index contributed by atoms with van der Waals surface area (Å²) in [4.78, 5) is 4.61. The van der Waals surface area contributed by atoms with Gasteiger partial charge in [-0.2, -0.15) is 0 Å². The van der Waals surface area contributed by atoms with Crippen LogP contribution < -0.4 is 20.7 Å². The lowest BCUT2D eigenvalue weighted by molar-refractivity contribution is 0.590. The lowest BCUT2D eigenvalue weighted by atomic mass is 9.32. The molecular weight excluding hydrogens is 531 g/mol. The van der Waals surface area contributed by atoms with Crippen LogP contribution in [0, 0.1) is 0 Å². The molecule has 2 aliphatic heterocycles. The Balaban J connectivity index is 0.00000152. The Hall–Kier alpha value is -3.46. The second kappa shape index (κ2) is 16.0. The van der Waals surface area contributed by atoms with Crippen LogP contribution in [0.15, 0.2) is 109 Å². The summed E-state index contributed by atoms with van der Waals surface area (Å²) >= 11 is 0. The lowest BCUT2D eigenvalue weighted by Crippen LogP contribution is -2.57. The summed E-state index contributed by atoms with van der Waals surface area (Å²) in [5.74, 6) is 0. The summed E-state index contributed by atoms with van der Waals surface area (Å²) in [6, 6.07) is 14.0. The van der Waals surface area contributed by atoms with Crippen molar-refractivity contribution in [2.24, 2.45) is 0 Å². The van der Waals surface area contributed by atoms with E-state index in [2.05, 4.69) is 133 Å². The minimum atomic E-state index is 0.0354. The van der Waals surface area contributed by atoms with Crippen molar-refractivity contribution in [3.05, 3.63) is 120 Å². The molecule has 2 aromatic carbocycles. The number of benzene rings is 2. The SMILES string of the molecule is C=C/C=C(\C)N1C(=C)C2=C(C)N(C(=C)/C=C\C)c3ccc(C(C)(C)C)cc3B2c2cc(C(C)(C)C)ccc21.CC.CC.CC. The summed E-state index contributed by atoms with van der Waals surface area (Å²) in [5, 5.41) is 0. The Morgan fingerprint density at radius 1 is 0.773 bits per heavy atom. The van der Waals surface area contributed by atoms with Crippen molar-refractivity contribution in [2.75, 3.05) is 9.80 Å². The van der Waals surface area contributed by atoms with Gasteiger partial charge < -0.3 is 9.80 Å². The van der Waals surface area contributed by atoms with E-state index >= 15 is 0 Å². The first-order valence-corrected chi connectivity index (χ1v) is 16.6. The number of fused-ring (bicyclic) bond motifs is 5. The van der Waals surface area contributed by atoms with Crippen molar-refractivity contribution in [3.8, 4) is 0 Å². The first-order chi connectivity index (χ1) is 20.7. The molecule has 4 rings (SSSR count). The van der Waals surface area contributed by atoms with E-state index < -0.39 is 0 Å². The molecular formula is C41H61BN2. The van der Waals surface area contributed by atoms with Crippen molar-refractivity contribution < 1.29 is 0 Å². The molecule has 0 saturated carbocycles. The van der Waals surface area contributed by atoms with Crippen LogP contribution >= 0.6 is 0 Å². The minimum Gasteiger partial charge on any atom is -0.316 e. The predicted octanol–water partition coefficient (Wildman–Crippen LogP) is 11.1. The summed E-state index contributed by atoms with van der Waals surface area (Å²) in [6.45, 7) is 45.3. The van der Waals surface area contributed by atoms with Gasteiger partial charge in [0.15, 0.2) is 0 Å². The second-order valence-electron chi connectivity index (χ2n) is 12.6. The first-order valence-electron chi connectivity index (χ1n) is 16.6. The molecule has 2 aromatic rings. The lowest BCUT2D eigenvalue weighted by Gasteiger charge is -2.46. The summed E-state index contributed by atoms with van der Waals surface area (Å²) < 4.78 is 0. The number of anilines is 2. The molecule has 238 valence electrons. The van der Waals surface area contributed by atoms with Gasteiger partial charge in [-0.15, -0.1) is 0 Å². The Kier molecular flexibility index (Phi) is 14.0. The van der Waals surface area contributed by atoms with Crippen molar-refractivity contribution in [2.45, 2.75) is 115 Å². The van der Waals surface area contributed by atoms with E-state index in [0.717, 1.165) is 17.1 Å². The predicted molar refractivity (Wildman–Crippen MR) is 204 cm³/mol. The van der Waals surface area contributed by atoms with Gasteiger partial charge in [-0.25, -0.2) is 0 Å². The molecule has 0 bridgehead atoms. The van der Waals surface area contributed by atoms with E-state index in [9.17, 15) is 0 Å². The van der Waals surface area contributed by atoms with Crippen molar-refractivity contribution in [1.29, 1.82) is 0 Å². The van der Waals surface area contributed by atoms with Gasteiger partial charge in [0.1, 0.15) is 0 Å². The quantitative estimate of drug-likeness (QED) is 0.257. The van der Waals surface area contributed by atoms with Gasteiger partial charge in [0.05, 0.1) is 0 Å². The van der Waals surface area contributed by atoms with Gasteiger partial charge in [0, 0.05) is 34.2 Å². The molecule has 0 aromatic heterocycles. The van der Waals surface area contributed by atoms with Crippen LogP contribution in [0.3, 0.4) is 0 Å². The molecule has 2 heterocycles. The molecule has 0 atom stereocenters. The van der Waals surface area contributed by atoms with E-state index in [4.69, 9.17) is 6.58 Å². The van der Waals surface area contributed by atoms with Gasteiger partial charge >= 0.3 is 0 Å². The molecule has 0 radical (unpaired) electrons. The van der Waals surface area contributed by atoms with Crippen LogP contribution in [0.4, 0.5) is 11.4 Å². The van der Waals surface area contributed by atoms with Crippen molar-refractivity contribution in [3.63, 3.8) is 0 Å². The van der Waals surface area contributed by atoms with Crippen LogP contribution in [-0.4, -0.2) is 6.71 Å². The Morgan fingerprint density at radius 3 is 1.59 bits per heavy atom. The van der Waals surface area contributed by atoms with Crippen LogP contribution in [0.1, 0.15) is 115 Å². The highest BCUT2D eigenvalue weighted by atomic mass is 15.2. The molecule has 0 aliphatic carbocycles. The third-order valence-electron chi connectivity index (χ3n) is 7.84. The van der Waals surface area contributed by atoms with Crippen LogP contribution in [0.2, 0.25) is 0 Å². The third kappa shape index (κ3) is 7.60. The van der Waals surface area contributed by atoms with Gasteiger partial charge in [0.2, 0.25) is 0 Å². The fourth-order valence-electron chi connectivity index (χ4n) is 5.83. The summed E-state index contributed by atoms with van der Waals surface area (Å²) in [7, 11) is 0. The molecule has 0 spiro atoms. The third-order valence-corrected chi connectivity index (χ3v) is 7.84. The molecule has 2 aliphatic rings.